The number of carbonyl (C=O) groups is 1. The Bertz CT molecular complexity index is 861. The van der Waals surface area contributed by atoms with E-state index in [9.17, 15) is 13.6 Å². The van der Waals surface area contributed by atoms with Crippen molar-refractivity contribution in [3.63, 3.8) is 0 Å². The van der Waals surface area contributed by atoms with Gasteiger partial charge < -0.3 is 9.47 Å². The highest BCUT2D eigenvalue weighted by Crippen LogP contribution is 2.47. The zero-order chi connectivity index (χ0) is 21.1. The maximum Gasteiger partial charge on any atom is 0.307 e. The van der Waals surface area contributed by atoms with Crippen LogP contribution in [0, 0.1) is 40.2 Å². The summed E-state index contributed by atoms with van der Waals surface area (Å²) in [7, 11) is 0. The maximum atomic E-state index is 14.8. The quantitative estimate of drug-likeness (QED) is 0.576. The van der Waals surface area contributed by atoms with Gasteiger partial charge in [-0.05, 0) is 39.8 Å². The van der Waals surface area contributed by atoms with Crippen LogP contribution in [0.15, 0.2) is 29.8 Å². The third kappa shape index (κ3) is 4.37. The van der Waals surface area contributed by atoms with Crippen molar-refractivity contribution in [2.75, 3.05) is 6.61 Å². The highest BCUT2D eigenvalue weighted by atomic mass is 19.2. The van der Waals surface area contributed by atoms with E-state index in [1.807, 2.05) is 0 Å². The van der Waals surface area contributed by atoms with Crippen LogP contribution in [0.4, 0.5) is 8.78 Å². The van der Waals surface area contributed by atoms with Crippen LogP contribution in [-0.4, -0.2) is 24.3 Å². The first-order valence-corrected chi connectivity index (χ1v) is 8.84. The highest BCUT2D eigenvalue weighted by Gasteiger charge is 2.52. The van der Waals surface area contributed by atoms with Gasteiger partial charge in [-0.3, -0.25) is 4.79 Å². The molecule has 0 spiro atoms. The molecule has 1 aliphatic rings. The fourth-order valence-electron chi connectivity index (χ4n) is 3.55. The van der Waals surface area contributed by atoms with E-state index in [-0.39, 0.29) is 24.2 Å². The summed E-state index contributed by atoms with van der Waals surface area (Å²) in [4.78, 5) is 12.6. The molecule has 1 heterocycles. The summed E-state index contributed by atoms with van der Waals surface area (Å²) >= 11 is 0. The molecule has 1 saturated heterocycles. The minimum absolute atomic E-state index is 0.0424. The fraction of sp³-hybridized carbons (Fsp3) is 0.476. The van der Waals surface area contributed by atoms with Gasteiger partial charge >= 0.3 is 5.97 Å². The normalized spacial score (nSPS) is 24.1. The van der Waals surface area contributed by atoms with Crippen molar-refractivity contribution in [3.05, 3.63) is 47.0 Å². The number of allylic oxidation sites excluding steroid dienone is 1. The molecule has 0 saturated carbocycles. The lowest BCUT2D eigenvalue weighted by Crippen LogP contribution is -2.40. The first kappa shape index (κ1) is 21.5. The third-order valence-electron chi connectivity index (χ3n) is 4.70. The minimum Gasteiger partial charge on any atom is -0.460 e. The van der Waals surface area contributed by atoms with E-state index >= 15 is 0 Å². The molecule has 0 N–H and O–H groups in total. The number of hydrogen-bond donors (Lipinski definition) is 0. The lowest BCUT2D eigenvalue weighted by Gasteiger charge is -2.34. The van der Waals surface area contributed by atoms with Gasteiger partial charge in [-0.1, -0.05) is 12.1 Å². The van der Waals surface area contributed by atoms with E-state index in [0.29, 0.717) is 0 Å². The molecule has 7 heteroatoms. The van der Waals surface area contributed by atoms with Crippen LogP contribution < -0.4 is 0 Å². The largest absolute Gasteiger partial charge is 0.460 e. The number of rotatable bonds is 4. The zero-order valence-corrected chi connectivity index (χ0v) is 16.3. The van der Waals surface area contributed by atoms with Gasteiger partial charge in [-0.2, -0.15) is 10.5 Å². The van der Waals surface area contributed by atoms with Crippen molar-refractivity contribution in [2.24, 2.45) is 5.92 Å². The van der Waals surface area contributed by atoms with E-state index in [4.69, 9.17) is 20.0 Å². The lowest BCUT2D eigenvalue weighted by molar-refractivity contribution is -0.156. The van der Waals surface area contributed by atoms with Crippen molar-refractivity contribution in [1.29, 1.82) is 10.5 Å². The molecule has 0 aliphatic carbocycles. The molecule has 148 valence electrons. The predicted molar refractivity (Wildman–Crippen MR) is 96.7 cm³/mol. The molecule has 0 amide bonds. The second-order valence-electron chi connectivity index (χ2n) is 7.87. The second kappa shape index (κ2) is 8.08. The van der Waals surface area contributed by atoms with Crippen LogP contribution in [0.3, 0.4) is 0 Å². The van der Waals surface area contributed by atoms with Crippen LogP contribution in [0.1, 0.15) is 39.7 Å². The molecular weight excluding hydrogens is 366 g/mol. The molecule has 0 unspecified atom stereocenters. The number of hydrogen-bond acceptors (Lipinski definition) is 5. The zero-order valence-electron chi connectivity index (χ0n) is 16.3. The summed E-state index contributed by atoms with van der Waals surface area (Å²) in [6, 6.07) is 7.26. The number of esters is 1. The van der Waals surface area contributed by atoms with E-state index in [2.05, 4.69) is 0 Å². The summed E-state index contributed by atoms with van der Waals surface area (Å²) in [5, 5.41) is 18.3. The molecule has 2 rings (SSSR count). The standard InChI is InChI=1S/C21H22F2N2O3/c1-13-16(8-14(10-24)11-25)21(12-27-13,9-18(26)28-20(2,3)4)15-6-5-7-17(22)19(15)23/h5-8,13,16H,9,12H2,1-4H3/t13-,16-,21+/m1/s1. The number of carbonyl (C=O) groups excluding carboxylic acids is 1. The fourth-order valence-corrected chi connectivity index (χ4v) is 3.55. The molecule has 1 aromatic rings. The van der Waals surface area contributed by atoms with Crippen LogP contribution >= 0.6 is 0 Å². The summed E-state index contributed by atoms with van der Waals surface area (Å²) < 4.78 is 39.8. The Balaban J connectivity index is 2.64. The van der Waals surface area contributed by atoms with Crippen LogP contribution in [0.2, 0.25) is 0 Å². The lowest BCUT2D eigenvalue weighted by atomic mass is 9.67. The molecule has 1 fully saturated rings. The van der Waals surface area contributed by atoms with Crippen molar-refractivity contribution < 1.29 is 23.0 Å². The van der Waals surface area contributed by atoms with E-state index in [1.165, 1.54) is 18.2 Å². The monoisotopic (exact) mass is 388 g/mol. The van der Waals surface area contributed by atoms with Crippen LogP contribution in [0.5, 0.6) is 0 Å². The molecule has 1 aromatic carbocycles. The first-order valence-electron chi connectivity index (χ1n) is 8.84. The van der Waals surface area contributed by atoms with Gasteiger partial charge in [0.25, 0.3) is 0 Å². The summed E-state index contributed by atoms with van der Waals surface area (Å²) in [5.74, 6) is -3.45. The Morgan fingerprint density at radius 2 is 2.00 bits per heavy atom. The Labute approximate surface area is 163 Å². The average Bonchev–Trinajstić information content (AvgIpc) is 2.90. The number of halogens is 2. The van der Waals surface area contributed by atoms with Gasteiger partial charge in [0.1, 0.15) is 23.3 Å². The Kier molecular flexibility index (Phi) is 6.21. The Morgan fingerprint density at radius 3 is 2.57 bits per heavy atom. The summed E-state index contributed by atoms with van der Waals surface area (Å²) in [5.41, 5.74) is -2.31. The van der Waals surface area contributed by atoms with Gasteiger partial charge in [-0.25, -0.2) is 8.78 Å². The van der Waals surface area contributed by atoms with Crippen LogP contribution in [-0.2, 0) is 19.7 Å². The number of nitriles is 2. The molecule has 5 nitrogen and oxygen atoms in total. The van der Waals surface area contributed by atoms with Gasteiger partial charge in [0.05, 0.1) is 19.1 Å². The second-order valence-corrected chi connectivity index (χ2v) is 7.87. The number of benzene rings is 1. The average molecular weight is 388 g/mol. The van der Waals surface area contributed by atoms with E-state index < -0.39 is 40.6 Å². The molecule has 3 atom stereocenters. The summed E-state index contributed by atoms with van der Waals surface area (Å²) in [6.45, 7) is 6.72. The first-order chi connectivity index (χ1) is 13.0. The van der Waals surface area contributed by atoms with Gasteiger partial charge in [0.15, 0.2) is 11.6 Å². The Morgan fingerprint density at radius 1 is 1.36 bits per heavy atom. The number of nitrogens with zero attached hydrogens (tertiary/aromatic N) is 2. The van der Waals surface area contributed by atoms with Gasteiger partial charge in [0, 0.05) is 16.9 Å². The topological polar surface area (TPSA) is 83.1 Å². The summed E-state index contributed by atoms with van der Waals surface area (Å²) in [6.07, 6.45) is 0.550. The molecule has 0 radical (unpaired) electrons. The van der Waals surface area contributed by atoms with Crippen molar-refractivity contribution >= 4 is 5.97 Å². The van der Waals surface area contributed by atoms with Gasteiger partial charge in [-0.15, -0.1) is 0 Å². The maximum absolute atomic E-state index is 14.8. The molecule has 0 aromatic heterocycles. The molecule has 28 heavy (non-hydrogen) atoms. The highest BCUT2D eigenvalue weighted by molar-refractivity contribution is 5.72. The van der Waals surface area contributed by atoms with Crippen molar-refractivity contribution in [1.82, 2.24) is 0 Å². The predicted octanol–water partition coefficient (Wildman–Crippen LogP) is 3.94. The van der Waals surface area contributed by atoms with E-state index in [1.54, 1.807) is 39.8 Å². The number of ether oxygens (including phenoxy) is 2. The smallest absolute Gasteiger partial charge is 0.307 e. The minimum atomic E-state index is -1.31. The van der Waals surface area contributed by atoms with Gasteiger partial charge in [0.2, 0.25) is 0 Å². The SMILES string of the molecule is C[C@H]1OC[C@@](CC(=O)OC(C)(C)C)(c2cccc(F)c2F)[C@@H]1C=C(C#N)C#N. The molecule has 0 bridgehead atoms. The van der Waals surface area contributed by atoms with Crippen LogP contribution in [0.25, 0.3) is 0 Å². The molecule has 1 aliphatic heterocycles. The third-order valence-corrected chi connectivity index (χ3v) is 4.70. The van der Waals surface area contributed by atoms with Crippen molar-refractivity contribution in [3.8, 4) is 12.1 Å². The van der Waals surface area contributed by atoms with Crippen molar-refractivity contribution in [2.45, 2.75) is 51.2 Å². The Hall–Kier alpha value is -2.77. The van der Waals surface area contributed by atoms with E-state index in [0.717, 1.165) is 6.07 Å². The molecular formula is C21H22F2N2O3.